The highest BCUT2D eigenvalue weighted by atomic mass is 79.9. The summed E-state index contributed by atoms with van der Waals surface area (Å²) in [7, 11) is -3.12. The molecule has 0 fully saturated rings. The Labute approximate surface area is 113 Å². The molecule has 0 atom stereocenters. The highest BCUT2D eigenvalue weighted by Gasteiger charge is 2.08. The van der Waals surface area contributed by atoms with Gasteiger partial charge in [0.1, 0.15) is 20.1 Å². The number of aryl methyl sites for hydroxylation is 1. The summed E-state index contributed by atoms with van der Waals surface area (Å²) in [6.07, 6.45) is 1.15. The third-order valence-corrected chi connectivity index (χ3v) is 3.85. The van der Waals surface area contributed by atoms with Crippen molar-refractivity contribution in [3.8, 4) is 0 Å². The van der Waals surface area contributed by atoms with Crippen molar-refractivity contribution in [1.82, 2.24) is 9.55 Å². The second-order valence-corrected chi connectivity index (χ2v) is 7.07. The maximum absolute atomic E-state index is 11.8. The number of aromatic nitrogens is 2. The van der Waals surface area contributed by atoms with E-state index in [1.54, 1.807) is 12.1 Å². The minimum Gasteiger partial charge on any atom is -0.292 e. The predicted octanol–water partition coefficient (Wildman–Crippen LogP) is 1.20. The molecule has 0 spiro atoms. The Bertz CT molecular complexity index is 752. The summed E-state index contributed by atoms with van der Waals surface area (Å²) in [5.74, 6) is -0.0831. The molecule has 7 heteroatoms. The normalized spacial score (nSPS) is 11.9. The van der Waals surface area contributed by atoms with Gasteiger partial charge in [0, 0.05) is 24.3 Å². The van der Waals surface area contributed by atoms with E-state index >= 15 is 0 Å². The Morgan fingerprint density at radius 1 is 1.28 bits per heavy atom. The van der Waals surface area contributed by atoms with Crippen LogP contribution in [0.15, 0.2) is 33.7 Å². The van der Waals surface area contributed by atoms with Gasteiger partial charge >= 0.3 is 0 Å². The fourth-order valence-corrected chi connectivity index (χ4v) is 2.43. The minimum atomic E-state index is -3.12. The van der Waals surface area contributed by atoms with Crippen LogP contribution in [0.2, 0.25) is 0 Å². The van der Waals surface area contributed by atoms with Crippen LogP contribution < -0.4 is 5.56 Å². The van der Waals surface area contributed by atoms with Crippen molar-refractivity contribution >= 4 is 36.8 Å². The monoisotopic (exact) mass is 330 g/mol. The Morgan fingerprint density at radius 3 is 2.61 bits per heavy atom. The molecule has 2 aromatic heterocycles. The quantitative estimate of drug-likeness (QED) is 0.793. The molecule has 0 bridgehead atoms. The number of nitrogens with zero attached hydrogens (tertiary/aromatic N) is 2. The van der Waals surface area contributed by atoms with Crippen LogP contribution in [0.1, 0.15) is 0 Å². The van der Waals surface area contributed by atoms with Crippen molar-refractivity contribution in [2.45, 2.75) is 6.54 Å². The molecule has 2 aromatic rings. The van der Waals surface area contributed by atoms with Crippen LogP contribution in [0.4, 0.5) is 0 Å². The van der Waals surface area contributed by atoms with Crippen molar-refractivity contribution in [2.24, 2.45) is 0 Å². The molecule has 5 nitrogen and oxygen atoms in total. The lowest BCUT2D eigenvalue weighted by molar-refractivity contribution is 0.594. The molecule has 0 saturated carbocycles. The summed E-state index contributed by atoms with van der Waals surface area (Å²) < 4.78 is 24.3. The summed E-state index contributed by atoms with van der Waals surface area (Å²) in [4.78, 5) is 16.0. The Morgan fingerprint density at radius 2 is 1.94 bits per heavy atom. The molecule has 0 unspecified atom stereocenters. The predicted molar refractivity (Wildman–Crippen MR) is 73.4 cm³/mol. The fourth-order valence-electron chi connectivity index (χ4n) is 1.61. The van der Waals surface area contributed by atoms with E-state index in [1.165, 1.54) is 10.6 Å². The number of hydrogen-bond acceptors (Lipinski definition) is 4. The zero-order valence-corrected chi connectivity index (χ0v) is 12.0. The highest BCUT2D eigenvalue weighted by molar-refractivity contribution is 9.10. The fraction of sp³-hybridized carbons (Fsp3) is 0.273. The first-order valence-corrected chi connectivity index (χ1v) is 8.06. The van der Waals surface area contributed by atoms with E-state index in [4.69, 9.17) is 0 Å². The molecule has 0 saturated heterocycles. The van der Waals surface area contributed by atoms with Crippen molar-refractivity contribution in [3.63, 3.8) is 0 Å². The van der Waals surface area contributed by atoms with E-state index in [-0.39, 0.29) is 17.9 Å². The van der Waals surface area contributed by atoms with Gasteiger partial charge < -0.3 is 0 Å². The third kappa shape index (κ3) is 2.97. The van der Waals surface area contributed by atoms with E-state index in [0.717, 1.165) is 11.6 Å². The average molecular weight is 331 g/mol. The molecule has 2 heterocycles. The number of pyridine rings is 2. The van der Waals surface area contributed by atoms with Gasteiger partial charge in [0.15, 0.2) is 0 Å². The number of sulfone groups is 1. The number of halogens is 1. The number of rotatable bonds is 3. The van der Waals surface area contributed by atoms with Crippen LogP contribution >= 0.6 is 15.9 Å². The Hall–Kier alpha value is -1.21. The van der Waals surface area contributed by atoms with E-state index < -0.39 is 9.84 Å². The molecule has 0 aliphatic carbocycles. The Balaban J connectivity index is 2.57. The summed E-state index contributed by atoms with van der Waals surface area (Å²) in [5, 5.41) is 0.798. The van der Waals surface area contributed by atoms with Crippen LogP contribution in [0.25, 0.3) is 11.0 Å². The first-order chi connectivity index (χ1) is 8.37. The zero-order valence-electron chi connectivity index (χ0n) is 9.63. The van der Waals surface area contributed by atoms with Gasteiger partial charge in [0.2, 0.25) is 0 Å². The molecule has 0 aliphatic heterocycles. The van der Waals surface area contributed by atoms with Gasteiger partial charge in [-0.25, -0.2) is 13.4 Å². The molecule has 0 amide bonds. The maximum Gasteiger partial charge on any atom is 0.252 e. The lowest BCUT2D eigenvalue weighted by atomic mass is 10.3. The topological polar surface area (TPSA) is 69.0 Å². The summed E-state index contributed by atoms with van der Waals surface area (Å²) >= 11 is 3.24. The third-order valence-electron chi connectivity index (χ3n) is 2.48. The average Bonchev–Trinajstić information content (AvgIpc) is 2.26. The second-order valence-electron chi connectivity index (χ2n) is 4.00. The molecular formula is C11H11BrN2O3S. The van der Waals surface area contributed by atoms with Crippen LogP contribution in [0, 0.1) is 0 Å². The Kier molecular flexibility index (Phi) is 3.54. The minimum absolute atomic E-state index is 0.0831. The van der Waals surface area contributed by atoms with Crippen molar-refractivity contribution in [2.75, 3.05) is 12.0 Å². The summed E-state index contributed by atoms with van der Waals surface area (Å²) in [6.45, 7) is 0.110. The zero-order chi connectivity index (χ0) is 13.3. The second kappa shape index (κ2) is 4.81. The number of hydrogen-bond donors (Lipinski definition) is 0. The summed E-state index contributed by atoms with van der Waals surface area (Å²) in [5.41, 5.74) is 0.234. The SMILES string of the molecule is CS(=O)(=O)CCn1c(=O)ccc2ccc(Br)nc21. The lowest BCUT2D eigenvalue weighted by Crippen LogP contribution is -2.24. The molecule has 2 rings (SSSR count). The molecule has 0 radical (unpaired) electrons. The van der Waals surface area contributed by atoms with Crippen LogP contribution in [0.5, 0.6) is 0 Å². The van der Waals surface area contributed by atoms with Gasteiger partial charge in [-0.1, -0.05) is 0 Å². The van der Waals surface area contributed by atoms with Crippen molar-refractivity contribution in [1.29, 1.82) is 0 Å². The largest absolute Gasteiger partial charge is 0.292 e. The van der Waals surface area contributed by atoms with E-state index in [0.29, 0.717) is 10.3 Å². The first-order valence-electron chi connectivity index (χ1n) is 5.21. The summed E-state index contributed by atoms with van der Waals surface area (Å²) in [6, 6.07) is 6.69. The van der Waals surface area contributed by atoms with E-state index in [2.05, 4.69) is 20.9 Å². The maximum atomic E-state index is 11.8. The van der Waals surface area contributed by atoms with Crippen molar-refractivity contribution < 1.29 is 8.42 Å². The van der Waals surface area contributed by atoms with E-state index in [1.807, 2.05) is 6.07 Å². The molecule has 96 valence electrons. The molecule has 18 heavy (non-hydrogen) atoms. The standard InChI is InChI=1S/C11H11BrN2O3S/c1-18(16,17)7-6-14-10(15)5-3-8-2-4-9(12)13-11(8)14/h2-5H,6-7H2,1H3. The van der Waals surface area contributed by atoms with Gasteiger partial charge in [-0.2, -0.15) is 0 Å². The molecule has 0 N–H and O–H groups in total. The van der Waals surface area contributed by atoms with Gasteiger partial charge in [-0.05, 0) is 34.1 Å². The first kappa shape index (κ1) is 13.2. The molecule has 0 aliphatic rings. The van der Waals surface area contributed by atoms with Crippen molar-refractivity contribution in [3.05, 3.63) is 39.2 Å². The van der Waals surface area contributed by atoms with E-state index in [9.17, 15) is 13.2 Å². The van der Waals surface area contributed by atoms with Gasteiger partial charge in [0.25, 0.3) is 5.56 Å². The van der Waals surface area contributed by atoms with Gasteiger partial charge in [-0.15, -0.1) is 0 Å². The van der Waals surface area contributed by atoms with Crippen LogP contribution in [0.3, 0.4) is 0 Å². The van der Waals surface area contributed by atoms with Crippen LogP contribution in [-0.2, 0) is 16.4 Å². The van der Waals surface area contributed by atoms with Gasteiger partial charge in [0.05, 0.1) is 5.75 Å². The van der Waals surface area contributed by atoms with Gasteiger partial charge in [-0.3, -0.25) is 9.36 Å². The smallest absolute Gasteiger partial charge is 0.252 e. The lowest BCUT2D eigenvalue weighted by Gasteiger charge is -2.08. The molecular weight excluding hydrogens is 320 g/mol. The van der Waals surface area contributed by atoms with Crippen LogP contribution in [-0.4, -0.2) is 30.0 Å². The highest BCUT2D eigenvalue weighted by Crippen LogP contribution is 2.14. The molecule has 0 aromatic carbocycles. The number of fused-ring (bicyclic) bond motifs is 1.